The third-order valence-electron chi connectivity index (χ3n) is 0.371. The van der Waals surface area contributed by atoms with E-state index in [0.29, 0.717) is 6.54 Å². The lowest BCUT2D eigenvalue weighted by atomic mass is 10.7. The molecule has 0 aliphatic heterocycles. The molecule has 5 heteroatoms. The molecule has 0 unspecified atom stereocenters. The van der Waals surface area contributed by atoms with E-state index in [1.54, 1.807) is 6.08 Å². The van der Waals surface area contributed by atoms with E-state index >= 15 is 0 Å². The molecule has 0 aliphatic rings. The van der Waals surface area contributed by atoms with Crippen LogP contribution in [0.1, 0.15) is 0 Å². The Morgan fingerprint density at radius 1 is 1.50 bits per heavy atom. The summed E-state index contributed by atoms with van der Waals surface area (Å²) in [4.78, 5) is 0. The van der Waals surface area contributed by atoms with Gasteiger partial charge in [-0.05, 0) is 33.7 Å². The van der Waals surface area contributed by atoms with E-state index in [2.05, 4.69) is 11.3 Å². The van der Waals surface area contributed by atoms with Gasteiger partial charge >= 0.3 is 0 Å². The maximum Gasteiger partial charge on any atom is 0.224 e. The standard InChI is InChI=1S/C3H5Cl3NP/c1-2-3-7-8(4,5)6/h2H,1,3H2. The summed E-state index contributed by atoms with van der Waals surface area (Å²) < 4.78 is 3.66. The van der Waals surface area contributed by atoms with Crippen molar-refractivity contribution in [3.8, 4) is 0 Å². The first kappa shape index (κ1) is 8.84. The zero-order valence-electron chi connectivity index (χ0n) is 4.02. The van der Waals surface area contributed by atoms with Crippen LogP contribution in [0.3, 0.4) is 0 Å². The summed E-state index contributed by atoms with van der Waals surface area (Å²) in [6.45, 7) is 3.83. The fraction of sp³-hybridized carbons (Fsp3) is 0.333. The summed E-state index contributed by atoms with van der Waals surface area (Å²) in [5.74, 6) is 0. The summed E-state index contributed by atoms with van der Waals surface area (Å²) in [6, 6.07) is 0. The highest BCUT2D eigenvalue weighted by atomic mass is 36.0. The Labute approximate surface area is 63.1 Å². The van der Waals surface area contributed by atoms with Crippen LogP contribution in [-0.2, 0) is 0 Å². The molecule has 0 heterocycles. The minimum absolute atomic E-state index is 0.421. The molecule has 48 valence electrons. The van der Waals surface area contributed by atoms with Crippen LogP contribution in [0, 0.1) is 0 Å². The lowest BCUT2D eigenvalue weighted by Gasteiger charge is -1.92. The van der Waals surface area contributed by atoms with Crippen molar-refractivity contribution in [2.24, 2.45) is 4.74 Å². The van der Waals surface area contributed by atoms with Crippen molar-refractivity contribution in [2.75, 3.05) is 6.54 Å². The fourth-order valence-electron chi connectivity index (χ4n) is 0.150. The molecule has 0 spiro atoms. The molecule has 0 saturated heterocycles. The highest BCUT2D eigenvalue weighted by Gasteiger charge is 2.01. The van der Waals surface area contributed by atoms with E-state index in [-0.39, 0.29) is 0 Å². The Morgan fingerprint density at radius 3 is 2.12 bits per heavy atom. The molecule has 0 radical (unpaired) electrons. The van der Waals surface area contributed by atoms with Gasteiger partial charge < -0.3 is 0 Å². The number of halogens is 3. The molecular weight excluding hydrogens is 187 g/mol. The van der Waals surface area contributed by atoms with Crippen molar-refractivity contribution in [2.45, 2.75) is 0 Å². The first-order valence-corrected chi connectivity index (χ1v) is 6.30. The average molecular weight is 192 g/mol. The van der Waals surface area contributed by atoms with E-state index < -0.39 is 5.11 Å². The van der Waals surface area contributed by atoms with Gasteiger partial charge in [-0.1, -0.05) is 6.08 Å². The Kier molecular flexibility index (Phi) is 4.19. The van der Waals surface area contributed by atoms with Crippen molar-refractivity contribution < 1.29 is 0 Å². The molecule has 0 aromatic carbocycles. The lowest BCUT2D eigenvalue weighted by molar-refractivity contribution is 1.29. The van der Waals surface area contributed by atoms with Gasteiger partial charge in [-0.15, -0.1) is 6.58 Å². The summed E-state index contributed by atoms with van der Waals surface area (Å²) >= 11 is 16.0. The lowest BCUT2D eigenvalue weighted by Crippen LogP contribution is -1.61. The van der Waals surface area contributed by atoms with E-state index in [9.17, 15) is 0 Å². The van der Waals surface area contributed by atoms with Gasteiger partial charge in [0.05, 0.1) is 6.54 Å². The zero-order chi connectivity index (χ0) is 6.62. The molecule has 8 heavy (non-hydrogen) atoms. The second-order valence-electron chi connectivity index (χ2n) is 1.03. The van der Waals surface area contributed by atoms with Crippen LogP contribution < -0.4 is 0 Å². The minimum atomic E-state index is -2.46. The highest BCUT2D eigenvalue weighted by molar-refractivity contribution is 8.26. The zero-order valence-corrected chi connectivity index (χ0v) is 7.18. The van der Waals surface area contributed by atoms with Gasteiger partial charge in [-0.2, -0.15) is 0 Å². The molecule has 0 N–H and O–H groups in total. The smallest absolute Gasteiger partial charge is 0.224 e. The average Bonchev–Trinajstić information content (AvgIpc) is 1.59. The van der Waals surface area contributed by atoms with Crippen LogP contribution in [0.15, 0.2) is 17.4 Å². The summed E-state index contributed by atoms with van der Waals surface area (Å²) in [5, 5.41) is -2.46. The molecular formula is C3H5Cl3NP. The van der Waals surface area contributed by atoms with Crippen LogP contribution in [0.4, 0.5) is 0 Å². The Bertz CT molecular complexity index is 118. The van der Waals surface area contributed by atoms with Crippen LogP contribution >= 0.6 is 38.8 Å². The molecule has 0 saturated carbocycles. The van der Waals surface area contributed by atoms with E-state index in [4.69, 9.17) is 33.7 Å². The molecule has 0 rings (SSSR count). The molecule has 0 aliphatic carbocycles. The summed E-state index contributed by atoms with van der Waals surface area (Å²) in [6.07, 6.45) is 1.59. The van der Waals surface area contributed by atoms with E-state index in [1.807, 2.05) is 0 Å². The Morgan fingerprint density at radius 2 is 2.00 bits per heavy atom. The molecule has 0 fully saturated rings. The van der Waals surface area contributed by atoms with Crippen molar-refractivity contribution in [3.05, 3.63) is 12.7 Å². The predicted octanol–water partition coefficient (Wildman–Crippen LogP) is 3.84. The van der Waals surface area contributed by atoms with Gasteiger partial charge in [0.15, 0.2) is 0 Å². The molecule has 1 nitrogen and oxygen atoms in total. The third-order valence-corrected chi connectivity index (χ3v) is 1.82. The van der Waals surface area contributed by atoms with Gasteiger partial charge in [0.1, 0.15) is 0 Å². The number of rotatable bonds is 2. The molecule has 0 amide bonds. The second kappa shape index (κ2) is 3.79. The van der Waals surface area contributed by atoms with Crippen molar-refractivity contribution >= 4 is 38.8 Å². The summed E-state index contributed by atoms with van der Waals surface area (Å²) in [5.41, 5.74) is 0. The maximum absolute atomic E-state index is 5.34. The molecule has 0 bridgehead atoms. The number of nitrogens with zero attached hydrogens (tertiary/aromatic N) is 1. The van der Waals surface area contributed by atoms with Crippen LogP contribution in [0.5, 0.6) is 0 Å². The Hall–Kier alpha value is 0.840. The van der Waals surface area contributed by atoms with Gasteiger partial charge in [-0.3, -0.25) is 4.74 Å². The number of hydrogen-bond acceptors (Lipinski definition) is 1. The van der Waals surface area contributed by atoms with Crippen LogP contribution in [0.2, 0.25) is 0 Å². The first-order valence-electron chi connectivity index (χ1n) is 1.84. The third kappa shape index (κ3) is 6.84. The van der Waals surface area contributed by atoms with Crippen LogP contribution in [-0.4, -0.2) is 6.54 Å². The normalized spacial score (nSPS) is 10.9. The van der Waals surface area contributed by atoms with Gasteiger partial charge in [0, 0.05) is 0 Å². The molecule has 0 atom stereocenters. The SMILES string of the molecule is C=CCN=P(Cl)(Cl)Cl. The van der Waals surface area contributed by atoms with Gasteiger partial charge in [0.2, 0.25) is 5.11 Å². The first-order chi connectivity index (χ1) is 3.56. The monoisotopic (exact) mass is 191 g/mol. The molecule has 0 aromatic rings. The minimum Gasteiger partial charge on any atom is -0.257 e. The molecule has 0 aromatic heterocycles. The topological polar surface area (TPSA) is 12.4 Å². The Balaban J connectivity index is 3.75. The predicted molar refractivity (Wildman–Crippen MR) is 42.0 cm³/mol. The van der Waals surface area contributed by atoms with Gasteiger partial charge in [-0.25, -0.2) is 0 Å². The number of hydrogen-bond donors (Lipinski definition) is 0. The maximum atomic E-state index is 5.34. The van der Waals surface area contributed by atoms with E-state index in [0.717, 1.165) is 0 Å². The highest BCUT2D eigenvalue weighted by Crippen LogP contribution is 2.64. The fourth-order valence-corrected chi connectivity index (χ4v) is 1.01. The van der Waals surface area contributed by atoms with Gasteiger partial charge in [0.25, 0.3) is 0 Å². The second-order valence-corrected chi connectivity index (χ2v) is 8.11. The van der Waals surface area contributed by atoms with Crippen molar-refractivity contribution in [1.82, 2.24) is 0 Å². The quantitative estimate of drug-likeness (QED) is 0.466. The van der Waals surface area contributed by atoms with Crippen molar-refractivity contribution in [3.63, 3.8) is 0 Å². The van der Waals surface area contributed by atoms with E-state index in [1.165, 1.54) is 0 Å². The van der Waals surface area contributed by atoms with Crippen molar-refractivity contribution in [1.29, 1.82) is 0 Å². The van der Waals surface area contributed by atoms with Crippen LogP contribution in [0.25, 0.3) is 0 Å². The summed E-state index contributed by atoms with van der Waals surface area (Å²) in [7, 11) is 0. The largest absolute Gasteiger partial charge is 0.257 e.